The number of halogens is 2. The minimum absolute atomic E-state index is 0.0501. The Morgan fingerprint density at radius 1 is 1.11 bits per heavy atom. The minimum Gasteiger partial charge on any atom is -0.457 e. The number of hydrogen-bond acceptors (Lipinski definition) is 2. The summed E-state index contributed by atoms with van der Waals surface area (Å²) in [5.41, 5.74) is 7.05. The monoisotopic (exact) mass is 295 g/mol. The highest BCUT2D eigenvalue weighted by Crippen LogP contribution is 2.32. The molecule has 0 aliphatic heterocycles. The van der Waals surface area contributed by atoms with Crippen LogP contribution in [0.4, 0.5) is 0 Å². The fraction of sp³-hybridized carbons (Fsp3) is 0.200. The Kier molecular flexibility index (Phi) is 4.70. The zero-order valence-electron chi connectivity index (χ0n) is 10.6. The number of rotatable bonds is 4. The summed E-state index contributed by atoms with van der Waals surface area (Å²) >= 11 is 11.9. The van der Waals surface area contributed by atoms with E-state index in [9.17, 15) is 0 Å². The summed E-state index contributed by atoms with van der Waals surface area (Å²) in [6, 6.07) is 12.8. The molecule has 0 amide bonds. The number of nitrogens with two attached hydrogens (primary N) is 1. The summed E-state index contributed by atoms with van der Waals surface area (Å²) in [6.45, 7) is 2.04. The zero-order chi connectivity index (χ0) is 13.8. The molecule has 0 spiro atoms. The molecule has 19 heavy (non-hydrogen) atoms. The van der Waals surface area contributed by atoms with E-state index in [1.165, 1.54) is 0 Å². The van der Waals surface area contributed by atoms with Gasteiger partial charge in [0.2, 0.25) is 0 Å². The molecule has 0 aliphatic rings. The second-order valence-electron chi connectivity index (χ2n) is 4.26. The fourth-order valence-corrected chi connectivity index (χ4v) is 2.32. The first-order valence-electron chi connectivity index (χ1n) is 6.08. The Morgan fingerprint density at radius 3 is 2.37 bits per heavy atom. The topological polar surface area (TPSA) is 35.2 Å². The van der Waals surface area contributed by atoms with E-state index in [1.54, 1.807) is 18.2 Å². The average molecular weight is 296 g/mol. The number of benzene rings is 2. The summed E-state index contributed by atoms with van der Waals surface area (Å²) in [6.07, 6.45) is 0.844. The van der Waals surface area contributed by atoms with Crippen LogP contribution in [0.25, 0.3) is 0 Å². The third kappa shape index (κ3) is 3.63. The molecule has 0 aromatic heterocycles. The Hall–Kier alpha value is -1.22. The molecule has 0 saturated heterocycles. The minimum atomic E-state index is -0.0501. The first-order chi connectivity index (χ1) is 9.10. The largest absolute Gasteiger partial charge is 0.457 e. The molecule has 4 heteroatoms. The van der Waals surface area contributed by atoms with Crippen molar-refractivity contribution in [2.75, 3.05) is 0 Å². The first-order valence-corrected chi connectivity index (χ1v) is 6.84. The van der Waals surface area contributed by atoms with Gasteiger partial charge < -0.3 is 10.5 Å². The van der Waals surface area contributed by atoms with E-state index >= 15 is 0 Å². The third-order valence-electron chi connectivity index (χ3n) is 2.82. The van der Waals surface area contributed by atoms with Gasteiger partial charge in [-0.05, 0) is 30.7 Å². The van der Waals surface area contributed by atoms with Crippen LogP contribution < -0.4 is 10.5 Å². The van der Waals surface area contributed by atoms with Crippen LogP contribution in [0.2, 0.25) is 10.0 Å². The molecule has 2 aromatic carbocycles. The predicted molar refractivity (Wildman–Crippen MR) is 80.2 cm³/mol. The van der Waals surface area contributed by atoms with E-state index < -0.39 is 0 Å². The quantitative estimate of drug-likeness (QED) is 0.842. The normalized spacial score (nSPS) is 12.2. The van der Waals surface area contributed by atoms with Crippen molar-refractivity contribution in [3.05, 3.63) is 58.1 Å². The van der Waals surface area contributed by atoms with Gasteiger partial charge in [-0.3, -0.25) is 0 Å². The van der Waals surface area contributed by atoms with E-state index in [0.29, 0.717) is 15.8 Å². The molecule has 0 radical (unpaired) electrons. The van der Waals surface area contributed by atoms with Crippen molar-refractivity contribution in [2.24, 2.45) is 5.73 Å². The molecule has 1 atom stereocenters. The van der Waals surface area contributed by atoms with E-state index in [2.05, 4.69) is 0 Å². The maximum atomic E-state index is 6.08. The van der Waals surface area contributed by atoms with Crippen LogP contribution in [0.5, 0.6) is 11.5 Å². The Balaban J connectivity index is 2.32. The summed E-state index contributed by atoms with van der Waals surface area (Å²) in [5.74, 6) is 1.34. The van der Waals surface area contributed by atoms with Gasteiger partial charge in [0.25, 0.3) is 0 Å². The van der Waals surface area contributed by atoms with Crippen LogP contribution in [-0.4, -0.2) is 0 Å². The summed E-state index contributed by atoms with van der Waals surface area (Å²) < 4.78 is 5.85. The van der Waals surface area contributed by atoms with E-state index in [4.69, 9.17) is 33.7 Å². The van der Waals surface area contributed by atoms with Crippen molar-refractivity contribution in [1.82, 2.24) is 0 Å². The summed E-state index contributed by atoms with van der Waals surface area (Å²) in [4.78, 5) is 0. The predicted octanol–water partition coefficient (Wildman–Crippen LogP) is 5.20. The van der Waals surface area contributed by atoms with Crippen LogP contribution >= 0.6 is 23.2 Å². The van der Waals surface area contributed by atoms with Gasteiger partial charge in [0.15, 0.2) is 0 Å². The smallest absolute Gasteiger partial charge is 0.132 e. The molecule has 0 fully saturated rings. The number of para-hydroxylation sites is 1. The van der Waals surface area contributed by atoms with Gasteiger partial charge in [-0.1, -0.05) is 48.3 Å². The highest BCUT2D eigenvalue weighted by Gasteiger charge is 2.11. The zero-order valence-corrected chi connectivity index (χ0v) is 12.1. The number of ether oxygens (including phenoxy) is 1. The molecular weight excluding hydrogens is 281 g/mol. The highest BCUT2D eigenvalue weighted by molar-refractivity contribution is 6.34. The van der Waals surface area contributed by atoms with Gasteiger partial charge in [0, 0.05) is 21.7 Å². The maximum Gasteiger partial charge on any atom is 0.132 e. The van der Waals surface area contributed by atoms with Crippen molar-refractivity contribution < 1.29 is 4.74 Å². The number of hydrogen-bond donors (Lipinski definition) is 1. The van der Waals surface area contributed by atoms with Crippen LogP contribution in [0.1, 0.15) is 24.9 Å². The molecule has 0 bridgehead atoms. The second-order valence-corrected chi connectivity index (χ2v) is 5.13. The molecule has 2 nitrogen and oxygen atoms in total. The molecular formula is C15H15Cl2NO. The maximum absolute atomic E-state index is 6.08. The summed E-state index contributed by atoms with van der Waals surface area (Å²) in [7, 11) is 0. The lowest BCUT2D eigenvalue weighted by Crippen LogP contribution is -2.09. The van der Waals surface area contributed by atoms with Gasteiger partial charge in [-0.25, -0.2) is 0 Å². The van der Waals surface area contributed by atoms with Gasteiger partial charge in [-0.2, -0.15) is 0 Å². The standard InChI is InChI=1S/C15H15Cl2NO/c1-2-14(18)13-5-3-4-6-15(13)19-12-8-10(16)7-11(17)9-12/h3-9,14H,2,18H2,1H3. The van der Waals surface area contributed by atoms with Gasteiger partial charge in [0.05, 0.1) is 0 Å². The lowest BCUT2D eigenvalue weighted by Gasteiger charge is -2.15. The molecule has 2 aromatic rings. The average Bonchev–Trinajstić information content (AvgIpc) is 2.37. The van der Waals surface area contributed by atoms with Crippen molar-refractivity contribution in [3.63, 3.8) is 0 Å². The third-order valence-corrected chi connectivity index (χ3v) is 3.26. The van der Waals surface area contributed by atoms with Crippen molar-refractivity contribution >= 4 is 23.2 Å². The molecule has 0 aliphatic carbocycles. The summed E-state index contributed by atoms with van der Waals surface area (Å²) in [5, 5.41) is 1.08. The van der Waals surface area contributed by atoms with Crippen LogP contribution in [-0.2, 0) is 0 Å². The van der Waals surface area contributed by atoms with Crippen molar-refractivity contribution in [1.29, 1.82) is 0 Å². The van der Waals surface area contributed by atoms with E-state index in [0.717, 1.165) is 17.7 Å². The van der Waals surface area contributed by atoms with Gasteiger partial charge in [-0.15, -0.1) is 0 Å². The highest BCUT2D eigenvalue weighted by atomic mass is 35.5. The molecule has 1 unspecified atom stereocenters. The lowest BCUT2D eigenvalue weighted by molar-refractivity contribution is 0.469. The van der Waals surface area contributed by atoms with Crippen LogP contribution in [0.15, 0.2) is 42.5 Å². The molecule has 2 rings (SSSR count). The van der Waals surface area contributed by atoms with Crippen molar-refractivity contribution in [2.45, 2.75) is 19.4 Å². The lowest BCUT2D eigenvalue weighted by atomic mass is 10.0. The van der Waals surface area contributed by atoms with E-state index in [1.807, 2.05) is 31.2 Å². The van der Waals surface area contributed by atoms with Crippen LogP contribution in [0, 0.1) is 0 Å². The van der Waals surface area contributed by atoms with Gasteiger partial charge >= 0.3 is 0 Å². The van der Waals surface area contributed by atoms with Crippen molar-refractivity contribution in [3.8, 4) is 11.5 Å². The Labute approximate surface area is 123 Å². The molecule has 2 N–H and O–H groups in total. The fourth-order valence-electron chi connectivity index (χ4n) is 1.81. The Morgan fingerprint density at radius 2 is 1.74 bits per heavy atom. The van der Waals surface area contributed by atoms with Crippen LogP contribution in [0.3, 0.4) is 0 Å². The first kappa shape index (κ1) is 14.2. The second kappa shape index (κ2) is 6.29. The van der Waals surface area contributed by atoms with E-state index in [-0.39, 0.29) is 6.04 Å². The molecule has 0 saturated carbocycles. The van der Waals surface area contributed by atoms with Gasteiger partial charge in [0.1, 0.15) is 11.5 Å². The molecule has 0 heterocycles. The molecule has 100 valence electrons. The Bertz CT molecular complexity index is 552. The SMILES string of the molecule is CCC(N)c1ccccc1Oc1cc(Cl)cc(Cl)c1.